The van der Waals surface area contributed by atoms with Crippen LogP contribution in [0.25, 0.3) is 0 Å². The average molecular weight is 239 g/mol. The van der Waals surface area contributed by atoms with E-state index in [4.69, 9.17) is 10.5 Å². The number of piperidine rings is 1. The van der Waals surface area contributed by atoms with Crippen molar-refractivity contribution >= 4 is 5.95 Å². The number of hydrogen-bond acceptors (Lipinski definition) is 5. The molecule has 0 bridgehead atoms. The van der Waals surface area contributed by atoms with Crippen molar-refractivity contribution in [1.82, 2.24) is 15.2 Å². The first-order valence-electron chi connectivity index (χ1n) is 6.18. The third-order valence-electron chi connectivity index (χ3n) is 3.20. The Labute approximate surface area is 102 Å². The third-order valence-corrected chi connectivity index (χ3v) is 3.20. The van der Waals surface area contributed by atoms with E-state index >= 15 is 0 Å². The number of anilines is 1. The second kappa shape index (κ2) is 5.97. The Bertz CT molecular complexity index is 340. The first-order chi connectivity index (χ1) is 8.33. The highest BCUT2D eigenvalue weighted by molar-refractivity contribution is 5.29. The largest absolute Gasteiger partial charge is 0.384 e. The monoisotopic (exact) mass is 239 g/mol. The van der Waals surface area contributed by atoms with Gasteiger partial charge in [0.05, 0.1) is 6.61 Å². The summed E-state index contributed by atoms with van der Waals surface area (Å²) in [5.74, 6) is 2.26. The second-order valence-electron chi connectivity index (χ2n) is 4.51. The highest BCUT2D eigenvalue weighted by Gasteiger charge is 2.21. The molecule has 17 heavy (non-hydrogen) atoms. The number of H-pyrrole nitrogens is 1. The molecule has 6 heteroatoms. The SMILES string of the molecule is COCCc1nc(N2CCCC(CN)C2)n[nH]1. The molecule has 2 rings (SSSR count). The van der Waals surface area contributed by atoms with Gasteiger partial charge < -0.3 is 15.4 Å². The van der Waals surface area contributed by atoms with E-state index in [1.165, 1.54) is 12.8 Å². The van der Waals surface area contributed by atoms with Crippen LogP contribution in [-0.4, -0.2) is 48.5 Å². The maximum atomic E-state index is 5.72. The quantitative estimate of drug-likeness (QED) is 0.765. The third kappa shape index (κ3) is 3.17. The van der Waals surface area contributed by atoms with Gasteiger partial charge in [-0.1, -0.05) is 0 Å². The Morgan fingerprint density at radius 3 is 3.24 bits per heavy atom. The summed E-state index contributed by atoms with van der Waals surface area (Å²) in [6.45, 7) is 3.41. The van der Waals surface area contributed by atoms with Crippen molar-refractivity contribution in [2.45, 2.75) is 19.3 Å². The molecule has 1 aromatic rings. The molecule has 0 radical (unpaired) electrons. The van der Waals surface area contributed by atoms with E-state index in [-0.39, 0.29) is 0 Å². The predicted octanol–water partition coefficient (Wildman–Crippen LogP) is 0.169. The van der Waals surface area contributed by atoms with Crippen molar-refractivity contribution in [3.05, 3.63) is 5.82 Å². The number of nitrogens with two attached hydrogens (primary N) is 1. The number of aromatic amines is 1. The van der Waals surface area contributed by atoms with E-state index in [1.807, 2.05) is 0 Å². The van der Waals surface area contributed by atoms with Gasteiger partial charge >= 0.3 is 0 Å². The van der Waals surface area contributed by atoms with Crippen molar-refractivity contribution in [3.8, 4) is 0 Å². The van der Waals surface area contributed by atoms with Crippen LogP contribution in [0.3, 0.4) is 0 Å². The highest BCUT2D eigenvalue weighted by Crippen LogP contribution is 2.19. The van der Waals surface area contributed by atoms with E-state index < -0.39 is 0 Å². The van der Waals surface area contributed by atoms with Crippen LogP contribution in [0.5, 0.6) is 0 Å². The molecule has 1 aliphatic heterocycles. The molecule has 6 nitrogen and oxygen atoms in total. The molecule has 0 amide bonds. The summed E-state index contributed by atoms with van der Waals surface area (Å²) in [4.78, 5) is 6.69. The molecule has 1 saturated heterocycles. The zero-order valence-corrected chi connectivity index (χ0v) is 10.4. The summed E-state index contributed by atoms with van der Waals surface area (Å²) < 4.78 is 5.02. The topological polar surface area (TPSA) is 80.1 Å². The fourth-order valence-electron chi connectivity index (χ4n) is 2.18. The Morgan fingerprint density at radius 1 is 1.59 bits per heavy atom. The lowest BCUT2D eigenvalue weighted by molar-refractivity contribution is 0.200. The van der Waals surface area contributed by atoms with Crippen molar-refractivity contribution < 1.29 is 4.74 Å². The molecule has 0 saturated carbocycles. The van der Waals surface area contributed by atoms with Crippen molar-refractivity contribution in [2.75, 3.05) is 38.3 Å². The molecular formula is C11H21N5O. The van der Waals surface area contributed by atoms with Gasteiger partial charge in [0, 0.05) is 26.6 Å². The van der Waals surface area contributed by atoms with Crippen LogP contribution in [0.15, 0.2) is 0 Å². The number of rotatable bonds is 5. The Morgan fingerprint density at radius 2 is 2.47 bits per heavy atom. The molecule has 0 aliphatic carbocycles. The standard InChI is InChI=1S/C11H21N5O/c1-17-6-4-10-13-11(15-14-10)16-5-2-3-9(7-12)8-16/h9H,2-8,12H2,1H3,(H,13,14,15). The minimum Gasteiger partial charge on any atom is -0.384 e. The minimum atomic E-state index is 0.574. The molecule has 1 fully saturated rings. The van der Waals surface area contributed by atoms with Gasteiger partial charge in [-0.25, -0.2) is 0 Å². The normalized spacial score (nSPS) is 20.8. The van der Waals surface area contributed by atoms with Gasteiger partial charge in [0.25, 0.3) is 0 Å². The Hall–Kier alpha value is -1.14. The second-order valence-corrected chi connectivity index (χ2v) is 4.51. The minimum absolute atomic E-state index is 0.574. The average Bonchev–Trinajstić information content (AvgIpc) is 2.85. The van der Waals surface area contributed by atoms with E-state index in [9.17, 15) is 0 Å². The molecule has 0 aromatic carbocycles. The van der Waals surface area contributed by atoms with Crippen molar-refractivity contribution in [1.29, 1.82) is 0 Å². The predicted molar refractivity (Wildman–Crippen MR) is 66.0 cm³/mol. The summed E-state index contributed by atoms with van der Waals surface area (Å²) >= 11 is 0. The lowest BCUT2D eigenvalue weighted by Gasteiger charge is -2.31. The smallest absolute Gasteiger partial charge is 0.244 e. The maximum Gasteiger partial charge on any atom is 0.244 e. The van der Waals surface area contributed by atoms with Crippen LogP contribution in [-0.2, 0) is 11.2 Å². The number of aromatic nitrogens is 3. The van der Waals surface area contributed by atoms with E-state index in [1.54, 1.807) is 7.11 Å². The number of hydrogen-bond donors (Lipinski definition) is 2. The van der Waals surface area contributed by atoms with Gasteiger partial charge in [0.2, 0.25) is 5.95 Å². The van der Waals surface area contributed by atoms with Crippen LogP contribution < -0.4 is 10.6 Å². The summed E-state index contributed by atoms with van der Waals surface area (Å²) in [6.07, 6.45) is 3.16. The van der Waals surface area contributed by atoms with Gasteiger partial charge in [-0.2, -0.15) is 4.98 Å². The Kier molecular flexibility index (Phi) is 4.33. The summed E-state index contributed by atoms with van der Waals surface area (Å²) in [5, 5.41) is 7.21. The molecule has 1 aliphatic rings. The highest BCUT2D eigenvalue weighted by atomic mass is 16.5. The summed E-state index contributed by atoms with van der Waals surface area (Å²) in [5.41, 5.74) is 5.72. The number of nitrogens with one attached hydrogen (secondary N) is 1. The molecule has 0 spiro atoms. The van der Waals surface area contributed by atoms with Gasteiger partial charge in [-0.3, -0.25) is 5.10 Å². The zero-order valence-electron chi connectivity index (χ0n) is 10.4. The van der Waals surface area contributed by atoms with Crippen LogP contribution in [0, 0.1) is 5.92 Å². The van der Waals surface area contributed by atoms with Gasteiger partial charge in [-0.05, 0) is 25.3 Å². The lowest BCUT2D eigenvalue weighted by Crippen LogP contribution is -2.39. The van der Waals surface area contributed by atoms with E-state index in [0.717, 1.165) is 37.8 Å². The van der Waals surface area contributed by atoms with E-state index in [2.05, 4.69) is 20.1 Å². The van der Waals surface area contributed by atoms with Crippen LogP contribution >= 0.6 is 0 Å². The molecule has 3 N–H and O–H groups in total. The fourth-order valence-corrected chi connectivity index (χ4v) is 2.18. The van der Waals surface area contributed by atoms with Crippen LogP contribution in [0.4, 0.5) is 5.95 Å². The van der Waals surface area contributed by atoms with Crippen LogP contribution in [0.2, 0.25) is 0 Å². The van der Waals surface area contributed by atoms with E-state index in [0.29, 0.717) is 12.5 Å². The molecule has 1 unspecified atom stereocenters. The zero-order chi connectivity index (χ0) is 12.1. The molecule has 2 heterocycles. The number of ether oxygens (including phenoxy) is 1. The van der Waals surface area contributed by atoms with Crippen molar-refractivity contribution in [3.63, 3.8) is 0 Å². The molecular weight excluding hydrogens is 218 g/mol. The first kappa shape index (κ1) is 12.3. The molecule has 1 aromatic heterocycles. The maximum absolute atomic E-state index is 5.72. The first-order valence-corrected chi connectivity index (χ1v) is 6.18. The molecule has 1 atom stereocenters. The molecule has 96 valence electrons. The van der Waals surface area contributed by atoms with Crippen LogP contribution in [0.1, 0.15) is 18.7 Å². The van der Waals surface area contributed by atoms with Gasteiger partial charge in [-0.15, -0.1) is 5.10 Å². The van der Waals surface area contributed by atoms with Gasteiger partial charge in [0.1, 0.15) is 5.82 Å². The number of nitrogens with zero attached hydrogens (tertiary/aromatic N) is 3. The lowest BCUT2D eigenvalue weighted by atomic mass is 9.99. The van der Waals surface area contributed by atoms with Gasteiger partial charge in [0.15, 0.2) is 0 Å². The summed E-state index contributed by atoms with van der Waals surface area (Å²) in [7, 11) is 1.69. The fraction of sp³-hybridized carbons (Fsp3) is 0.818. The summed E-state index contributed by atoms with van der Waals surface area (Å²) in [6, 6.07) is 0. The number of methoxy groups -OCH3 is 1. The Balaban J connectivity index is 1.94. The van der Waals surface area contributed by atoms with Crippen molar-refractivity contribution in [2.24, 2.45) is 11.7 Å².